The highest BCUT2D eigenvalue weighted by atomic mass is 35.5. The molecule has 0 saturated heterocycles. The van der Waals surface area contributed by atoms with Crippen molar-refractivity contribution in [3.8, 4) is 0 Å². The van der Waals surface area contributed by atoms with Crippen LogP contribution in [0.15, 0.2) is 24.3 Å². The third-order valence-electron chi connectivity index (χ3n) is 3.69. The molecule has 1 aliphatic rings. The normalized spacial score (nSPS) is 13.4. The highest BCUT2D eigenvalue weighted by molar-refractivity contribution is 6.31. The third kappa shape index (κ3) is 2.38. The summed E-state index contributed by atoms with van der Waals surface area (Å²) >= 11 is 6.22. The topological polar surface area (TPSA) is 47.4 Å². The summed E-state index contributed by atoms with van der Waals surface area (Å²) in [6, 6.07) is 7.73. The fraction of sp³-hybridized carbons (Fsp3) is 0.333. The van der Waals surface area contributed by atoms with E-state index in [1.807, 2.05) is 35.9 Å². The molecule has 1 aliphatic heterocycles. The molecule has 21 heavy (non-hydrogen) atoms. The van der Waals surface area contributed by atoms with Crippen LogP contribution < -0.4 is 4.90 Å². The number of nitrogens with zero attached hydrogens (tertiary/aromatic N) is 3. The number of ether oxygens (including phenoxy) is 1. The smallest absolute Gasteiger partial charge is 0.343 e. The monoisotopic (exact) mass is 305 g/mol. The molecule has 3 rings (SSSR count). The van der Waals surface area contributed by atoms with E-state index in [-0.39, 0.29) is 5.97 Å². The van der Waals surface area contributed by atoms with Crippen molar-refractivity contribution >= 4 is 23.4 Å². The highest BCUT2D eigenvalue weighted by Gasteiger charge is 2.30. The molecule has 2 aromatic rings. The van der Waals surface area contributed by atoms with Gasteiger partial charge in [0, 0.05) is 18.1 Å². The van der Waals surface area contributed by atoms with Crippen molar-refractivity contribution in [1.82, 2.24) is 9.78 Å². The predicted molar refractivity (Wildman–Crippen MR) is 80.8 cm³/mol. The maximum Gasteiger partial charge on any atom is 0.343 e. The molecule has 5 nitrogen and oxygen atoms in total. The molecule has 0 amide bonds. The van der Waals surface area contributed by atoms with Crippen LogP contribution >= 0.6 is 11.6 Å². The standard InChI is InChI=1S/C15H16ClN3O2/c1-10-13(15(20)21-2)14-18(7-8-19(14)17-10)9-11-5-3-4-6-12(11)16/h3-6H,7-9H2,1-2H3. The number of hydrogen-bond acceptors (Lipinski definition) is 4. The van der Waals surface area contributed by atoms with E-state index in [1.165, 1.54) is 7.11 Å². The molecule has 6 heteroatoms. The molecule has 1 aromatic heterocycles. The SMILES string of the molecule is COC(=O)c1c(C)nn2c1N(Cc1ccccc1Cl)CC2. The number of halogens is 1. The van der Waals surface area contributed by atoms with E-state index in [1.54, 1.807) is 0 Å². The Morgan fingerprint density at radius 1 is 1.38 bits per heavy atom. The second-order valence-electron chi connectivity index (χ2n) is 5.01. The lowest BCUT2D eigenvalue weighted by Gasteiger charge is -2.19. The van der Waals surface area contributed by atoms with E-state index in [0.29, 0.717) is 17.8 Å². The van der Waals surface area contributed by atoms with Gasteiger partial charge in [-0.15, -0.1) is 0 Å². The lowest BCUT2D eigenvalue weighted by Crippen LogP contribution is -2.22. The summed E-state index contributed by atoms with van der Waals surface area (Å²) in [5.41, 5.74) is 2.27. The Morgan fingerprint density at radius 2 is 2.14 bits per heavy atom. The van der Waals surface area contributed by atoms with Crippen LogP contribution in [-0.2, 0) is 17.8 Å². The van der Waals surface area contributed by atoms with Crippen LogP contribution in [0.25, 0.3) is 0 Å². The quantitative estimate of drug-likeness (QED) is 0.818. The number of hydrogen-bond donors (Lipinski definition) is 0. The number of aryl methyl sites for hydroxylation is 1. The lowest BCUT2D eigenvalue weighted by molar-refractivity contribution is 0.0600. The predicted octanol–water partition coefficient (Wildman–Crippen LogP) is 2.65. The van der Waals surface area contributed by atoms with Crippen LogP contribution in [0.1, 0.15) is 21.6 Å². The molecule has 0 atom stereocenters. The molecule has 1 aromatic carbocycles. The van der Waals surface area contributed by atoms with E-state index >= 15 is 0 Å². The van der Waals surface area contributed by atoms with Crippen LogP contribution in [0.3, 0.4) is 0 Å². The first-order valence-electron chi connectivity index (χ1n) is 6.76. The summed E-state index contributed by atoms with van der Waals surface area (Å²) in [6.07, 6.45) is 0. The van der Waals surface area contributed by atoms with E-state index in [9.17, 15) is 4.79 Å². The number of carbonyl (C=O) groups excluding carboxylic acids is 1. The summed E-state index contributed by atoms with van der Waals surface area (Å²) < 4.78 is 6.74. The second-order valence-corrected chi connectivity index (χ2v) is 5.42. The van der Waals surface area contributed by atoms with E-state index in [0.717, 1.165) is 29.5 Å². The number of aromatic nitrogens is 2. The van der Waals surface area contributed by atoms with Crippen LogP contribution in [0.4, 0.5) is 5.82 Å². The summed E-state index contributed by atoms with van der Waals surface area (Å²) in [5.74, 6) is 0.471. The number of anilines is 1. The average Bonchev–Trinajstić information content (AvgIpc) is 2.99. The van der Waals surface area contributed by atoms with Crippen molar-refractivity contribution in [2.75, 3.05) is 18.6 Å². The number of fused-ring (bicyclic) bond motifs is 1. The molecule has 110 valence electrons. The number of rotatable bonds is 3. The van der Waals surface area contributed by atoms with Gasteiger partial charge < -0.3 is 9.64 Å². The Balaban J connectivity index is 1.96. The highest BCUT2D eigenvalue weighted by Crippen LogP contribution is 2.31. The average molecular weight is 306 g/mol. The summed E-state index contributed by atoms with van der Waals surface area (Å²) in [5, 5.41) is 5.14. The zero-order valence-corrected chi connectivity index (χ0v) is 12.7. The van der Waals surface area contributed by atoms with Crippen LogP contribution in [0, 0.1) is 6.92 Å². The van der Waals surface area contributed by atoms with E-state index in [2.05, 4.69) is 10.00 Å². The Morgan fingerprint density at radius 3 is 2.86 bits per heavy atom. The Kier molecular flexibility index (Phi) is 3.59. The second kappa shape index (κ2) is 5.41. The molecule has 0 fully saturated rings. The molecule has 0 saturated carbocycles. The minimum atomic E-state index is -0.347. The number of esters is 1. The van der Waals surface area contributed by atoms with Crippen molar-refractivity contribution < 1.29 is 9.53 Å². The summed E-state index contributed by atoms with van der Waals surface area (Å²) in [6.45, 7) is 4.04. The number of carbonyl (C=O) groups is 1. The maximum absolute atomic E-state index is 12.0. The molecule has 0 radical (unpaired) electrons. The van der Waals surface area contributed by atoms with Crippen LogP contribution in [-0.4, -0.2) is 29.4 Å². The minimum absolute atomic E-state index is 0.347. The zero-order chi connectivity index (χ0) is 15.0. The van der Waals surface area contributed by atoms with Gasteiger partial charge in [-0.3, -0.25) is 0 Å². The Bertz CT molecular complexity index is 696. The van der Waals surface area contributed by atoms with Crippen molar-refractivity contribution in [2.24, 2.45) is 0 Å². The van der Waals surface area contributed by atoms with Gasteiger partial charge in [0.15, 0.2) is 0 Å². The van der Waals surface area contributed by atoms with Gasteiger partial charge in [0.25, 0.3) is 0 Å². The van der Waals surface area contributed by atoms with Crippen molar-refractivity contribution in [3.63, 3.8) is 0 Å². The lowest BCUT2D eigenvalue weighted by atomic mass is 10.2. The molecular weight excluding hydrogens is 290 g/mol. The Labute approximate surface area is 128 Å². The summed E-state index contributed by atoms with van der Waals surface area (Å²) in [4.78, 5) is 14.1. The van der Waals surface area contributed by atoms with Crippen molar-refractivity contribution in [1.29, 1.82) is 0 Å². The first kappa shape index (κ1) is 13.9. The van der Waals surface area contributed by atoms with Gasteiger partial charge in [0.2, 0.25) is 0 Å². The van der Waals surface area contributed by atoms with Gasteiger partial charge in [0.1, 0.15) is 11.4 Å². The third-order valence-corrected chi connectivity index (χ3v) is 4.06. The fourth-order valence-electron chi connectivity index (χ4n) is 2.70. The van der Waals surface area contributed by atoms with Crippen molar-refractivity contribution in [2.45, 2.75) is 20.0 Å². The maximum atomic E-state index is 12.0. The Hall–Kier alpha value is -2.01. The molecule has 0 aliphatic carbocycles. The van der Waals surface area contributed by atoms with Crippen molar-refractivity contribution in [3.05, 3.63) is 46.1 Å². The van der Waals surface area contributed by atoms with Gasteiger partial charge >= 0.3 is 5.97 Å². The van der Waals surface area contributed by atoms with Gasteiger partial charge in [-0.25, -0.2) is 9.48 Å². The first-order valence-corrected chi connectivity index (χ1v) is 7.13. The van der Waals surface area contributed by atoms with Gasteiger partial charge in [-0.05, 0) is 18.6 Å². The van der Waals surface area contributed by atoms with E-state index < -0.39 is 0 Å². The molecular formula is C15H16ClN3O2. The molecule has 0 unspecified atom stereocenters. The fourth-order valence-corrected chi connectivity index (χ4v) is 2.89. The molecule has 0 bridgehead atoms. The summed E-state index contributed by atoms with van der Waals surface area (Å²) in [7, 11) is 1.39. The van der Waals surface area contributed by atoms with Gasteiger partial charge in [-0.2, -0.15) is 5.10 Å². The van der Waals surface area contributed by atoms with Crippen LogP contribution in [0.2, 0.25) is 5.02 Å². The zero-order valence-electron chi connectivity index (χ0n) is 12.0. The molecule has 0 spiro atoms. The number of benzene rings is 1. The number of methoxy groups -OCH3 is 1. The van der Waals surface area contributed by atoms with Crippen LogP contribution in [0.5, 0.6) is 0 Å². The van der Waals surface area contributed by atoms with E-state index in [4.69, 9.17) is 16.3 Å². The first-order chi connectivity index (χ1) is 10.1. The minimum Gasteiger partial charge on any atom is -0.465 e. The molecule has 0 N–H and O–H groups in total. The molecule has 2 heterocycles. The van der Waals surface area contributed by atoms with Gasteiger partial charge in [0.05, 0.1) is 19.3 Å². The van der Waals surface area contributed by atoms with Gasteiger partial charge in [-0.1, -0.05) is 29.8 Å². The largest absolute Gasteiger partial charge is 0.465 e.